The topological polar surface area (TPSA) is 94.5 Å². The van der Waals surface area contributed by atoms with Gasteiger partial charge in [0.1, 0.15) is 17.3 Å². The van der Waals surface area contributed by atoms with E-state index in [0.29, 0.717) is 22.8 Å². The number of alkyl halides is 3. The third-order valence-corrected chi connectivity index (χ3v) is 5.83. The van der Waals surface area contributed by atoms with Crippen LogP contribution in [0.2, 0.25) is 0 Å². The van der Waals surface area contributed by atoms with Gasteiger partial charge in [0.25, 0.3) is 11.7 Å². The smallest absolute Gasteiger partial charge is 0.507 e. The molecule has 1 N–H and O–H groups in total. The second kappa shape index (κ2) is 9.08. The van der Waals surface area contributed by atoms with Crippen molar-refractivity contribution in [2.45, 2.75) is 12.4 Å². The molecule has 0 spiro atoms. The zero-order valence-electron chi connectivity index (χ0n) is 19.1. The highest BCUT2D eigenvalue weighted by molar-refractivity contribution is 6.51. The minimum atomic E-state index is -4.96. The normalized spacial score (nSPS) is 18.3. The van der Waals surface area contributed by atoms with Crippen LogP contribution in [0.15, 0.2) is 72.3 Å². The minimum absolute atomic E-state index is 0.00983. The largest absolute Gasteiger partial charge is 0.573 e. The number of anilines is 1. The summed E-state index contributed by atoms with van der Waals surface area (Å²) < 4.78 is 58.4. The molecular weight excluding hydrogens is 495 g/mol. The molecule has 8 nitrogen and oxygen atoms in total. The molecule has 1 fully saturated rings. The lowest BCUT2D eigenvalue weighted by Crippen LogP contribution is -2.29. The van der Waals surface area contributed by atoms with Crippen molar-refractivity contribution in [1.29, 1.82) is 0 Å². The quantitative estimate of drug-likeness (QED) is 0.293. The zero-order chi connectivity index (χ0) is 26.3. The van der Waals surface area contributed by atoms with Crippen molar-refractivity contribution in [1.82, 2.24) is 0 Å². The summed E-state index contributed by atoms with van der Waals surface area (Å²) in [6.45, 7) is -0.00983. The maximum Gasteiger partial charge on any atom is 0.573 e. The average molecular weight is 513 g/mol. The van der Waals surface area contributed by atoms with Crippen LogP contribution in [0.4, 0.5) is 18.9 Å². The van der Waals surface area contributed by atoms with Gasteiger partial charge in [0.2, 0.25) is 6.79 Å². The molecule has 11 heteroatoms. The van der Waals surface area contributed by atoms with Crippen LogP contribution in [0, 0.1) is 0 Å². The molecule has 2 aliphatic heterocycles. The van der Waals surface area contributed by atoms with E-state index in [2.05, 4.69) is 4.74 Å². The Morgan fingerprint density at radius 3 is 2.46 bits per heavy atom. The number of amides is 1. The molecule has 3 aromatic carbocycles. The van der Waals surface area contributed by atoms with Crippen molar-refractivity contribution in [3.8, 4) is 23.0 Å². The molecule has 0 radical (unpaired) electrons. The molecule has 2 heterocycles. The first-order valence-electron chi connectivity index (χ1n) is 10.9. The summed E-state index contributed by atoms with van der Waals surface area (Å²) in [6.07, 6.45) is -4.96. The number of hydrogen-bond donors (Lipinski definition) is 1. The van der Waals surface area contributed by atoms with Crippen LogP contribution < -0.4 is 23.8 Å². The lowest BCUT2D eigenvalue weighted by atomic mass is 9.95. The molecule has 3 aromatic rings. The van der Waals surface area contributed by atoms with E-state index in [0.717, 1.165) is 17.0 Å². The number of ether oxygens (including phenoxy) is 4. The summed E-state index contributed by atoms with van der Waals surface area (Å²) in [5.74, 6) is -1.94. The van der Waals surface area contributed by atoms with Gasteiger partial charge in [0.05, 0.1) is 18.7 Å². The molecule has 5 rings (SSSR count). The summed E-state index contributed by atoms with van der Waals surface area (Å²) in [5.41, 5.74) is 0.257. The van der Waals surface area contributed by atoms with Gasteiger partial charge in [-0.15, -0.1) is 13.2 Å². The number of hydrogen-bond acceptors (Lipinski definition) is 7. The lowest BCUT2D eigenvalue weighted by molar-refractivity contribution is -0.274. The van der Waals surface area contributed by atoms with Gasteiger partial charge in [-0.1, -0.05) is 18.2 Å². The van der Waals surface area contributed by atoms with Gasteiger partial charge in [0.15, 0.2) is 11.5 Å². The van der Waals surface area contributed by atoms with Crippen molar-refractivity contribution >= 4 is 23.1 Å². The fraction of sp³-hybridized carbons (Fsp3) is 0.154. The van der Waals surface area contributed by atoms with E-state index >= 15 is 0 Å². The molecule has 1 unspecified atom stereocenters. The molecule has 1 saturated heterocycles. The standard InChI is InChI=1S/C26H18F3NO7/c1-34-17-6-2-4-14(10-17)22-21(23(31)15-8-9-19-20(11-15)36-13-35-19)24(32)25(33)30(22)16-5-3-7-18(12-16)37-26(27,28)29/h2-12,22,31H,13H2,1H3/b23-21-. The Balaban J connectivity index is 1.68. The Bertz CT molecular complexity index is 1430. The second-order valence-corrected chi connectivity index (χ2v) is 8.06. The van der Waals surface area contributed by atoms with Crippen molar-refractivity contribution in [2.24, 2.45) is 0 Å². The van der Waals surface area contributed by atoms with Crippen LogP contribution in [0.5, 0.6) is 23.0 Å². The van der Waals surface area contributed by atoms with Gasteiger partial charge in [-0.25, -0.2) is 0 Å². The van der Waals surface area contributed by atoms with E-state index in [4.69, 9.17) is 14.2 Å². The molecule has 0 aliphatic carbocycles. The Kier molecular flexibility index (Phi) is 5.90. The number of benzene rings is 3. The number of ketones is 1. The number of methoxy groups -OCH3 is 1. The summed E-state index contributed by atoms with van der Waals surface area (Å²) in [6, 6.07) is 14.4. The summed E-state index contributed by atoms with van der Waals surface area (Å²) in [4.78, 5) is 27.6. The second-order valence-electron chi connectivity index (χ2n) is 8.06. The highest BCUT2D eigenvalue weighted by Gasteiger charge is 2.47. The van der Waals surface area contributed by atoms with Crippen LogP contribution in [0.3, 0.4) is 0 Å². The summed E-state index contributed by atoms with van der Waals surface area (Å²) in [5, 5.41) is 11.2. The SMILES string of the molecule is COc1cccc(C2/C(=C(/O)c3ccc4c(c3)OCO4)C(=O)C(=O)N2c2cccc(OC(F)(F)F)c2)c1. The monoisotopic (exact) mass is 513 g/mol. The van der Waals surface area contributed by atoms with E-state index < -0.39 is 35.6 Å². The number of fused-ring (bicyclic) bond motifs is 1. The number of halogens is 3. The van der Waals surface area contributed by atoms with Crippen molar-refractivity contribution in [2.75, 3.05) is 18.8 Å². The van der Waals surface area contributed by atoms with Crippen LogP contribution in [-0.2, 0) is 9.59 Å². The van der Waals surface area contributed by atoms with Crippen LogP contribution in [-0.4, -0.2) is 37.1 Å². The van der Waals surface area contributed by atoms with Crippen molar-refractivity contribution in [3.05, 3.63) is 83.4 Å². The Morgan fingerprint density at radius 1 is 0.973 bits per heavy atom. The maximum absolute atomic E-state index is 13.3. The van der Waals surface area contributed by atoms with E-state index in [1.54, 1.807) is 30.3 Å². The number of carbonyl (C=O) groups is 2. The molecule has 37 heavy (non-hydrogen) atoms. The summed E-state index contributed by atoms with van der Waals surface area (Å²) in [7, 11) is 1.43. The van der Waals surface area contributed by atoms with Gasteiger partial charge >= 0.3 is 6.36 Å². The van der Waals surface area contributed by atoms with Crippen LogP contribution in [0.25, 0.3) is 5.76 Å². The van der Waals surface area contributed by atoms with Gasteiger partial charge in [-0.05, 0) is 48.0 Å². The highest BCUT2D eigenvalue weighted by Crippen LogP contribution is 2.44. The first-order chi connectivity index (χ1) is 17.7. The lowest BCUT2D eigenvalue weighted by Gasteiger charge is -2.26. The number of Topliss-reactive ketones (excluding diaryl/α,β-unsaturated/α-hetero) is 1. The molecule has 190 valence electrons. The van der Waals surface area contributed by atoms with E-state index in [1.807, 2.05) is 0 Å². The molecule has 0 bridgehead atoms. The number of aliphatic hydroxyl groups is 1. The average Bonchev–Trinajstić information content (AvgIpc) is 3.44. The van der Waals surface area contributed by atoms with E-state index in [-0.39, 0.29) is 23.6 Å². The third kappa shape index (κ3) is 4.51. The number of aliphatic hydroxyl groups excluding tert-OH is 1. The predicted octanol–water partition coefficient (Wildman–Crippen LogP) is 4.95. The first kappa shape index (κ1) is 24.0. The Morgan fingerprint density at radius 2 is 1.70 bits per heavy atom. The zero-order valence-corrected chi connectivity index (χ0v) is 19.1. The molecule has 1 amide bonds. The molecule has 2 aliphatic rings. The van der Waals surface area contributed by atoms with Crippen molar-refractivity contribution in [3.63, 3.8) is 0 Å². The molecule has 0 saturated carbocycles. The fourth-order valence-electron chi connectivity index (χ4n) is 4.26. The number of carbonyl (C=O) groups excluding carboxylic acids is 2. The van der Waals surface area contributed by atoms with E-state index in [1.165, 1.54) is 31.4 Å². The van der Waals surface area contributed by atoms with Crippen molar-refractivity contribution < 1.29 is 46.8 Å². The number of rotatable bonds is 5. The highest BCUT2D eigenvalue weighted by atomic mass is 19.4. The van der Waals surface area contributed by atoms with Gasteiger partial charge in [0, 0.05) is 17.3 Å². The number of nitrogens with zero attached hydrogens (tertiary/aromatic N) is 1. The van der Waals surface area contributed by atoms with Gasteiger partial charge in [-0.3, -0.25) is 14.5 Å². The Labute approximate surface area is 208 Å². The van der Waals surface area contributed by atoms with Crippen LogP contribution in [0.1, 0.15) is 17.2 Å². The minimum Gasteiger partial charge on any atom is -0.507 e. The fourth-order valence-corrected chi connectivity index (χ4v) is 4.26. The van der Waals surface area contributed by atoms with E-state index in [9.17, 15) is 27.9 Å². The maximum atomic E-state index is 13.3. The molecule has 1 atom stereocenters. The predicted molar refractivity (Wildman–Crippen MR) is 123 cm³/mol. The molecular formula is C26H18F3NO7. The first-order valence-corrected chi connectivity index (χ1v) is 10.9. The van der Waals surface area contributed by atoms with Gasteiger partial charge in [-0.2, -0.15) is 0 Å². The third-order valence-electron chi connectivity index (χ3n) is 5.83. The molecule has 0 aromatic heterocycles. The Hall–Kier alpha value is -4.67. The van der Waals surface area contributed by atoms with Crippen LogP contribution >= 0.6 is 0 Å². The summed E-state index contributed by atoms with van der Waals surface area (Å²) >= 11 is 0. The van der Waals surface area contributed by atoms with Gasteiger partial charge < -0.3 is 24.1 Å².